The Kier molecular flexibility index (Phi) is 4.44. The average molecular weight is 364 g/mol. The third-order valence-corrected chi connectivity index (χ3v) is 5.21. The van der Waals surface area contributed by atoms with Crippen molar-refractivity contribution in [1.29, 1.82) is 0 Å². The van der Waals surface area contributed by atoms with Crippen molar-refractivity contribution < 1.29 is 13.9 Å². The van der Waals surface area contributed by atoms with Crippen molar-refractivity contribution >= 4 is 22.9 Å². The van der Waals surface area contributed by atoms with Gasteiger partial charge in [-0.15, -0.1) is 0 Å². The zero-order valence-corrected chi connectivity index (χ0v) is 15.3. The first-order valence-electron chi connectivity index (χ1n) is 8.99. The van der Waals surface area contributed by atoms with Crippen LogP contribution in [0.2, 0.25) is 0 Å². The summed E-state index contributed by atoms with van der Waals surface area (Å²) in [7, 11) is 1.66. The van der Waals surface area contributed by atoms with Gasteiger partial charge in [0.2, 0.25) is 5.91 Å². The van der Waals surface area contributed by atoms with Crippen molar-refractivity contribution in [3.05, 3.63) is 71.2 Å². The predicted octanol–water partition coefficient (Wildman–Crippen LogP) is 4.47. The maximum absolute atomic E-state index is 13.0. The number of hydrogen-bond acceptors (Lipinski definition) is 2. The van der Waals surface area contributed by atoms with E-state index in [1.165, 1.54) is 17.7 Å². The Labute approximate surface area is 157 Å². The number of benzene rings is 2. The molecule has 0 spiro atoms. The number of halogens is 1. The van der Waals surface area contributed by atoms with Gasteiger partial charge in [0.25, 0.3) is 0 Å². The second-order valence-corrected chi connectivity index (χ2v) is 6.77. The van der Waals surface area contributed by atoms with E-state index >= 15 is 0 Å². The van der Waals surface area contributed by atoms with Gasteiger partial charge in [0.15, 0.2) is 0 Å². The number of nitrogens with one attached hydrogen (secondary N) is 1. The highest BCUT2D eigenvalue weighted by molar-refractivity contribution is 5.93. The number of fused-ring (bicyclic) bond motifs is 3. The normalized spacial score (nSPS) is 16.7. The fourth-order valence-electron chi connectivity index (χ4n) is 3.72. The van der Waals surface area contributed by atoms with Crippen LogP contribution in [-0.2, 0) is 11.2 Å². The van der Waals surface area contributed by atoms with Gasteiger partial charge >= 0.3 is 0 Å². The molecule has 138 valence electrons. The van der Waals surface area contributed by atoms with Crippen LogP contribution in [-0.4, -0.2) is 29.4 Å². The zero-order valence-electron chi connectivity index (χ0n) is 15.3. The highest BCUT2D eigenvalue weighted by atomic mass is 19.1. The molecule has 1 aliphatic rings. The lowest BCUT2D eigenvalue weighted by molar-refractivity contribution is -0.128. The van der Waals surface area contributed by atoms with E-state index < -0.39 is 0 Å². The Morgan fingerprint density at radius 2 is 2.04 bits per heavy atom. The molecule has 1 unspecified atom stereocenters. The van der Waals surface area contributed by atoms with E-state index in [0.29, 0.717) is 6.54 Å². The summed E-state index contributed by atoms with van der Waals surface area (Å²) in [6.45, 7) is 2.69. The lowest BCUT2D eigenvalue weighted by Crippen LogP contribution is -2.37. The molecular weight excluding hydrogens is 343 g/mol. The Morgan fingerprint density at radius 3 is 2.78 bits per heavy atom. The van der Waals surface area contributed by atoms with Crippen LogP contribution in [0, 0.1) is 5.82 Å². The van der Waals surface area contributed by atoms with E-state index in [0.717, 1.165) is 34.3 Å². The van der Waals surface area contributed by atoms with Gasteiger partial charge in [-0.05, 0) is 60.9 Å². The molecule has 1 aromatic heterocycles. The minimum Gasteiger partial charge on any atom is -0.497 e. The van der Waals surface area contributed by atoms with Crippen molar-refractivity contribution in [1.82, 2.24) is 9.88 Å². The molecule has 4 rings (SSSR count). The van der Waals surface area contributed by atoms with E-state index in [4.69, 9.17) is 4.74 Å². The van der Waals surface area contributed by atoms with Gasteiger partial charge in [-0.3, -0.25) is 4.79 Å². The number of ether oxygens (including phenoxy) is 1. The first kappa shape index (κ1) is 17.3. The Morgan fingerprint density at radius 1 is 1.26 bits per heavy atom. The van der Waals surface area contributed by atoms with Crippen LogP contribution in [0.5, 0.6) is 5.75 Å². The fraction of sp³-hybridized carbons (Fsp3) is 0.227. The van der Waals surface area contributed by atoms with Crippen LogP contribution in [0.1, 0.15) is 29.8 Å². The average Bonchev–Trinajstić information content (AvgIpc) is 3.06. The summed E-state index contributed by atoms with van der Waals surface area (Å²) in [6, 6.07) is 12.0. The first-order chi connectivity index (χ1) is 13.1. The van der Waals surface area contributed by atoms with Crippen molar-refractivity contribution in [3.63, 3.8) is 0 Å². The molecule has 5 heteroatoms. The third-order valence-electron chi connectivity index (χ3n) is 5.21. The number of aromatic amines is 1. The van der Waals surface area contributed by atoms with Crippen LogP contribution in [0.4, 0.5) is 4.39 Å². The molecule has 0 saturated carbocycles. The molecular formula is C22H21FN2O2. The standard InChI is InChI=1S/C22H21FN2O2/c1-14-22-18(19-13-17(27-2)8-9-20(19)24-22)11-12-25(14)21(26)10-5-15-3-6-16(23)7-4-15/h3-10,13-14,24H,11-12H2,1-2H3/b10-5+. The van der Waals surface area contributed by atoms with E-state index in [1.807, 2.05) is 30.0 Å². The Bertz CT molecular complexity index is 1020. The Hall–Kier alpha value is -3.08. The second kappa shape index (κ2) is 6.91. The number of amides is 1. The van der Waals surface area contributed by atoms with E-state index in [-0.39, 0.29) is 17.8 Å². The van der Waals surface area contributed by atoms with Gasteiger partial charge in [0.1, 0.15) is 11.6 Å². The van der Waals surface area contributed by atoms with Gasteiger partial charge in [0, 0.05) is 29.2 Å². The first-order valence-corrected chi connectivity index (χ1v) is 8.99. The quantitative estimate of drug-likeness (QED) is 0.697. The molecule has 0 radical (unpaired) electrons. The molecule has 0 bridgehead atoms. The SMILES string of the molecule is COc1ccc2[nH]c3c(c2c1)CCN(C(=O)/C=C/c1ccc(F)cc1)C3C. The fourth-order valence-corrected chi connectivity index (χ4v) is 3.72. The molecule has 1 N–H and O–H groups in total. The number of carbonyl (C=O) groups excluding carboxylic acids is 1. The van der Waals surface area contributed by atoms with Crippen molar-refractivity contribution in [3.8, 4) is 5.75 Å². The minimum absolute atomic E-state index is 0.0440. The monoisotopic (exact) mass is 364 g/mol. The molecule has 1 aliphatic heterocycles. The van der Waals surface area contributed by atoms with Gasteiger partial charge in [-0.25, -0.2) is 4.39 Å². The van der Waals surface area contributed by atoms with Crippen LogP contribution >= 0.6 is 0 Å². The third kappa shape index (κ3) is 3.21. The van der Waals surface area contributed by atoms with Gasteiger partial charge in [-0.1, -0.05) is 12.1 Å². The number of rotatable bonds is 3. The maximum Gasteiger partial charge on any atom is 0.247 e. The molecule has 1 atom stereocenters. The number of aromatic nitrogens is 1. The summed E-state index contributed by atoms with van der Waals surface area (Å²) in [4.78, 5) is 18.0. The van der Waals surface area contributed by atoms with E-state index in [1.54, 1.807) is 31.4 Å². The number of hydrogen-bond donors (Lipinski definition) is 1. The number of methoxy groups -OCH3 is 1. The lowest BCUT2D eigenvalue weighted by Gasteiger charge is -2.32. The zero-order chi connectivity index (χ0) is 19.0. The largest absolute Gasteiger partial charge is 0.497 e. The molecule has 0 aliphatic carbocycles. The van der Waals surface area contributed by atoms with Crippen molar-refractivity contribution in [2.45, 2.75) is 19.4 Å². The second-order valence-electron chi connectivity index (χ2n) is 6.77. The summed E-state index contributed by atoms with van der Waals surface area (Å²) < 4.78 is 18.3. The number of H-pyrrole nitrogens is 1. The van der Waals surface area contributed by atoms with Crippen LogP contribution in [0.15, 0.2) is 48.5 Å². The van der Waals surface area contributed by atoms with Crippen LogP contribution in [0.25, 0.3) is 17.0 Å². The van der Waals surface area contributed by atoms with Crippen molar-refractivity contribution in [2.24, 2.45) is 0 Å². The van der Waals surface area contributed by atoms with E-state index in [9.17, 15) is 9.18 Å². The molecule has 4 nitrogen and oxygen atoms in total. The maximum atomic E-state index is 13.0. The summed E-state index contributed by atoms with van der Waals surface area (Å²) >= 11 is 0. The highest BCUT2D eigenvalue weighted by Gasteiger charge is 2.29. The number of carbonyl (C=O) groups is 1. The predicted molar refractivity (Wildman–Crippen MR) is 104 cm³/mol. The molecule has 2 heterocycles. The molecule has 2 aromatic carbocycles. The summed E-state index contributed by atoms with van der Waals surface area (Å²) in [5, 5.41) is 1.16. The molecule has 27 heavy (non-hydrogen) atoms. The van der Waals surface area contributed by atoms with Gasteiger partial charge < -0.3 is 14.6 Å². The number of nitrogens with zero attached hydrogens (tertiary/aromatic N) is 1. The van der Waals surface area contributed by atoms with E-state index in [2.05, 4.69) is 4.98 Å². The summed E-state index contributed by atoms with van der Waals surface area (Å²) in [5.74, 6) is 0.498. The Balaban J connectivity index is 1.58. The molecule has 3 aromatic rings. The summed E-state index contributed by atoms with van der Waals surface area (Å²) in [6.07, 6.45) is 4.07. The lowest BCUT2D eigenvalue weighted by atomic mass is 9.98. The van der Waals surface area contributed by atoms with Gasteiger partial charge in [-0.2, -0.15) is 0 Å². The van der Waals surface area contributed by atoms with Crippen LogP contribution < -0.4 is 4.74 Å². The summed E-state index contributed by atoms with van der Waals surface area (Å²) in [5.41, 5.74) is 4.19. The minimum atomic E-state index is -0.286. The topological polar surface area (TPSA) is 45.3 Å². The molecule has 0 fully saturated rings. The van der Waals surface area contributed by atoms with Crippen molar-refractivity contribution in [2.75, 3.05) is 13.7 Å². The smallest absolute Gasteiger partial charge is 0.247 e. The van der Waals surface area contributed by atoms with Gasteiger partial charge in [0.05, 0.1) is 13.2 Å². The molecule has 0 saturated heterocycles. The van der Waals surface area contributed by atoms with Crippen LogP contribution in [0.3, 0.4) is 0 Å². The molecule has 1 amide bonds. The highest BCUT2D eigenvalue weighted by Crippen LogP contribution is 2.35.